The number of pyridine rings is 2. The molecule has 20 nitrogen and oxygen atoms in total. The van der Waals surface area contributed by atoms with Crippen molar-refractivity contribution >= 4 is 56.8 Å². The molecule has 2 aromatic carbocycles. The zero-order valence-corrected chi connectivity index (χ0v) is 41.1. The van der Waals surface area contributed by atoms with Gasteiger partial charge < -0.3 is 15.0 Å². The molecule has 7 heterocycles. The number of anilines is 2. The maximum atomic E-state index is 14.9. The van der Waals surface area contributed by atoms with E-state index in [1.807, 2.05) is 6.07 Å². The number of piperazine rings is 1. The van der Waals surface area contributed by atoms with Crippen LogP contribution in [0.2, 0.25) is 0 Å². The zero-order valence-electron chi connectivity index (χ0n) is 40.3. The summed E-state index contributed by atoms with van der Waals surface area (Å²) in [5, 5.41) is 13.8. The van der Waals surface area contributed by atoms with E-state index in [0.29, 0.717) is 93.3 Å². The van der Waals surface area contributed by atoms with Crippen molar-refractivity contribution in [2.24, 2.45) is 10.3 Å². The van der Waals surface area contributed by atoms with Crippen molar-refractivity contribution in [3.63, 3.8) is 0 Å². The molecule has 3 unspecified atom stereocenters. The van der Waals surface area contributed by atoms with E-state index in [0.717, 1.165) is 35.7 Å². The van der Waals surface area contributed by atoms with Crippen molar-refractivity contribution in [2.45, 2.75) is 63.4 Å². The molecule has 73 heavy (non-hydrogen) atoms. The number of likely N-dealkylation sites (tertiary alicyclic amines) is 1. The molecule has 3 atom stereocenters. The van der Waals surface area contributed by atoms with Crippen molar-refractivity contribution in [1.29, 1.82) is 0 Å². The average Bonchev–Trinajstić information content (AvgIpc) is 3.91. The number of halogens is 2. The van der Waals surface area contributed by atoms with Crippen molar-refractivity contribution < 1.29 is 46.5 Å². The highest BCUT2D eigenvalue weighted by atomic mass is 32.2. The molecule has 382 valence electrons. The van der Waals surface area contributed by atoms with E-state index in [2.05, 4.69) is 45.1 Å². The summed E-state index contributed by atoms with van der Waals surface area (Å²) in [6.45, 7) is 4.63. The second-order valence-electron chi connectivity index (χ2n) is 18.7. The first kappa shape index (κ1) is 50.6. The number of amides is 6. The van der Waals surface area contributed by atoms with Gasteiger partial charge in [-0.3, -0.25) is 48.8 Å². The lowest BCUT2D eigenvalue weighted by Gasteiger charge is -2.34. The first-order valence-corrected chi connectivity index (χ1v) is 26.1. The third-order valence-corrected chi connectivity index (χ3v) is 14.9. The number of hydrogen-bond donors (Lipinski definition) is 2. The Balaban J connectivity index is 0.718. The summed E-state index contributed by atoms with van der Waals surface area (Å²) >= 11 is 0. The molecule has 3 aromatic heterocycles. The monoisotopic (exact) mass is 1020 g/mol. The van der Waals surface area contributed by atoms with E-state index in [1.165, 1.54) is 42.4 Å². The summed E-state index contributed by atoms with van der Waals surface area (Å²) in [5.74, 6) is -3.56. The molecule has 0 radical (unpaired) electrons. The standard InChI is InChI=1S/C50H54F2N12O8S/c1-72-41-23-34(51)10-11-36(41)38-24-43(54-25-39(38)52)55-42-22-31(14-15-53-42)30-73(2,71)58-47(67)33-8-5-17-61(26-33)27-35-28-63(59-57-35)29-45(66)62-20-18-60(19-21-62)16-4-7-32-6-3-9-37-46(32)50(70)64(49(37)69)40-12-13-44(65)56-48(40)68/h3,6,9-11,14-15,22-25,28,33,40H,4-5,7-8,12-13,16-21,26-27,29-30H2,1-2H3,(H,53,54,55)(H,56,65,68). The van der Waals surface area contributed by atoms with Gasteiger partial charge in [0.2, 0.25) is 17.7 Å². The van der Waals surface area contributed by atoms with Gasteiger partial charge in [0.25, 0.3) is 17.7 Å². The molecular formula is C50H54F2N12O8S. The normalized spacial score (nSPS) is 19.3. The van der Waals surface area contributed by atoms with Gasteiger partial charge in [0.05, 0.1) is 57.7 Å². The molecule has 4 aliphatic rings. The van der Waals surface area contributed by atoms with Crippen LogP contribution >= 0.6 is 0 Å². The van der Waals surface area contributed by atoms with Crippen LogP contribution in [0.25, 0.3) is 11.1 Å². The molecule has 2 N–H and O–H groups in total. The van der Waals surface area contributed by atoms with Crippen LogP contribution in [0.15, 0.2) is 77.6 Å². The highest BCUT2D eigenvalue weighted by molar-refractivity contribution is 7.92. The number of ether oxygens (including phenoxy) is 1. The first-order chi connectivity index (χ1) is 35.1. The minimum Gasteiger partial charge on any atom is -0.496 e. The van der Waals surface area contributed by atoms with Crippen molar-refractivity contribution in [1.82, 2.24) is 49.9 Å². The van der Waals surface area contributed by atoms with E-state index >= 15 is 0 Å². The van der Waals surface area contributed by atoms with Crippen molar-refractivity contribution in [3.05, 3.63) is 113 Å². The maximum Gasteiger partial charge on any atom is 0.262 e. The third-order valence-electron chi connectivity index (χ3n) is 13.4. The third kappa shape index (κ3) is 11.8. The SMILES string of the molecule is COc1cc(F)ccc1-c1cc(Nc2cc(CS(C)(=O)=NC(=O)C3CCCN(Cc4cn(CC(=O)N5CCN(CCCc6cccc7c6C(=O)N(C6CCC(=O)NC6=O)C7=O)CC5)nn4)C3)ccn2)ncc1F. The van der Waals surface area contributed by atoms with Gasteiger partial charge in [-0.2, -0.15) is 4.36 Å². The molecule has 0 bridgehead atoms. The smallest absolute Gasteiger partial charge is 0.262 e. The van der Waals surface area contributed by atoms with Gasteiger partial charge >= 0.3 is 0 Å². The van der Waals surface area contributed by atoms with Gasteiger partial charge in [-0.25, -0.2) is 27.6 Å². The van der Waals surface area contributed by atoms with Crippen LogP contribution in [-0.4, -0.2) is 149 Å². The number of nitrogens with one attached hydrogen (secondary N) is 2. The number of piperidine rings is 2. The van der Waals surface area contributed by atoms with Crippen LogP contribution < -0.4 is 15.4 Å². The van der Waals surface area contributed by atoms with Gasteiger partial charge in [-0.1, -0.05) is 17.3 Å². The van der Waals surface area contributed by atoms with E-state index < -0.39 is 62.9 Å². The molecule has 0 spiro atoms. The quantitative estimate of drug-likeness (QED) is 0.133. The lowest BCUT2D eigenvalue weighted by atomic mass is 9.97. The molecule has 3 saturated heterocycles. The highest BCUT2D eigenvalue weighted by Crippen LogP contribution is 2.34. The molecule has 5 aromatic rings. The molecule has 4 aliphatic heterocycles. The zero-order chi connectivity index (χ0) is 51.4. The van der Waals surface area contributed by atoms with Crippen LogP contribution in [0.4, 0.5) is 20.4 Å². The highest BCUT2D eigenvalue weighted by Gasteiger charge is 2.45. The number of carbonyl (C=O) groups excluding carboxylic acids is 6. The van der Waals surface area contributed by atoms with Crippen LogP contribution in [-0.2, 0) is 54.2 Å². The average molecular weight is 1020 g/mol. The van der Waals surface area contributed by atoms with E-state index in [9.17, 15) is 41.8 Å². The number of benzene rings is 2. The number of aromatic nitrogens is 5. The van der Waals surface area contributed by atoms with Crippen LogP contribution in [0.5, 0.6) is 5.75 Å². The van der Waals surface area contributed by atoms with Gasteiger partial charge in [0.1, 0.15) is 41.6 Å². The first-order valence-electron chi connectivity index (χ1n) is 24.0. The molecule has 9 rings (SSSR count). The Morgan fingerprint density at radius 3 is 2.52 bits per heavy atom. The second-order valence-corrected chi connectivity index (χ2v) is 21.1. The summed E-state index contributed by atoms with van der Waals surface area (Å²) < 4.78 is 53.5. The largest absolute Gasteiger partial charge is 0.496 e. The molecule has 0 aliphatic carbocycles. The Hall–Kier alpha value is -7.37. The lowest BCUT2D eigenvalue weighted by Crippen LogP contribution is -2.54. The number of carbonyl (C=O) groups is 6. The summed E-state index contributed by atoms with van der Waals surface area (Å²) in [7, 11) is -1.65. The molecule has 3 fully saturated rings. The van der Waals surface area contributed by atoms with Crippen molar-refractivity contribution in [3.8, 4) is 16.9 Å². The number of methoxy groups -OCH3 is 1. The molecule has 23 heteroatoms. The van der Waals surface area contributed by atoms with E-state index in [-0.39, 0.29) is 53.7 Å². The predicted molar refractivity (Wildman–Crippen MR) is 261 cm³/mol. The Morgan fingerprint density at radius 1 is 0.918 bits per heavy atom. The number of fused-ring (bicyclic) bond motifs is 1. The van der Waals surface area contributed by atoms with Crippen LogP contribution in [0.3, 0.4) is 0 Å². The number of rotatable bonds is 16. The minimum absolute atomic E-state index is 0.0197. The number of nitrogens with zero attached hydrogens (tertiary/aromatic N) is 10. The summed E-state index contributed by atoms with van der Waals surface area (Å²) in [5.41, 5.74) is 3.02. The summed E-state index contributed by atoms with van der Waals surface area (Å²) in [4.78, 5) is 93.3. The summed E-state index contributed by atoms with van der Waals surface area (Å²) in [6.07, 6.45) is 8.44. The Kier molecular flexibility index (Phi) is 15.1. The number of imide groups is 2. The topological polar surface area (TPSA) is 235 Å². The minimum atomic E-state index is -3.02. The Bertz CT molecular complexity index is 3120. The van der Waals surface area contributed by atoms with Crippen molar-refractivity contribution in [2.75, 3.05) is 64.5 Å². The predicted octanol–water partition coefficient (Wildman–Crippen LogP) is 3.98. The van der Waals surface area contributed by atoms with Gasteiger partial charge in [-0.15, -0.1) is 5.10 Å². The van der Waals surface area contributed by atoms with Gasteiger partial charge in [0.15, 0.2) is 0 Å². The van der Waals surface area contributed by atoms with Crippen LogP contribution in [0.1, 0.15) is 69.6 Å². The van der Waals surface area contributed by atoms with Crippen LogP contribution in [0, 0.1) is 17.6 Å². The molecular weight excluding hydrogens is 967 g/mol. The Labute approximate surface area is 419 Å². The number of aryl methyl sites for hydroxylation is 1. The fourth-order valence-corrected chi connectivity index (χ4v) is 11.2. The summed E-state index contributed by atoms with van der Waals surface area (Å²) in [6, 6.07) is 12.7. The molecule has 0 saturated carbocycles. The second kappa shape index (κ2) is 21.8. The fraction of sp³-hybridized carbons (Fsp3) is 0.400. The lowest BCUT2D eigenvalue weighted by molar-refractivity contribution is -0.136. The molecule has 6 amide bonds. The fourth-order valence-electron chi connectivity index (χ4n) is 9.83. The number of hydrogen-bond acceptors (Lipinski definition) is 15. The van der Waals surface area contributed by atoms with Gasteiger partial charge in [0, 0.05) is 75.3 Å². The van der Waals surface area contributed by atoms with Gasteiger partial charge in [-0.05, 0) is 92.7 Å². The van der Waals surface area contributed by atoms with E-state index in [4.69, 9.17) is 4.74 Å². The van der Waals surface area contributed by atoms with E-state index in [1.54, 1.807) is 35.4 Å². The Morgan fingerprint density at radius 2 is 1.73 bits per heavy atom. The maximum absolute atomic E-state index is 14.9.